The Balaban J connectivity index is 0.000000277. The van der Waals surface area contributed by atoms with E-state index in [9.17, 15) is 5.11 Å². The number of nitrogens with zero attached hydrogens (tertiary/aromatic N) is 4. The molecule has 8 heteroatoms. The second kappa shape index (κ2) is 14.7. The number of nitrogens with two attached hydrogens (primary N) is 2. The zero-order chi connectivity index (χ0) is 22.4. The summed E-state index contributed by atoms with van der Waals surface area (Å²) in [5.74, 6) is 1.86. The zero-order valence-electron chi connectivity index (χ0n) is 18.8. The molecule has 3 heterocycles. The van der Waals surface area contributed by atoms with E-state index in [1.54, 1.807) is 19.5 Å². The van der Waals surface area contributed by atoms with Crippen LogP contribution in [0, 0.1) is 0 Å². The molecule has 0 aromatic carbocycles. The van der Waals surface area contributed by atoms with Crippen molar-refractivity contribution in [2.75, 3.05) is 50.2 Å². The van der Waals surface area contributed by atoms with Crippen LogP contribution in [0.1, 0.15) is 31.4 Å². The van der Waals surface area contributed by atoms with Crippen molar-refractivity contribution in [3.8, 4) is 0 Å². The summed E-state index contributed by atoms with van der Waals surface area (Å²) in [6.07, 6.45) is 4.14. The molecule has 1 unspecified atom stereocenters. The summed E-state index contributed by atoms with van der Waals surface area (Å²) in [5, 5.41) is 9.42. The molecule has 0 bridgehead atoms. The van der Waals surface area contributed by atoms with Gasteiger partial charge in [0.05, 0.1) is 12.7 Å². The highest BCUT2D eigenvalue weighted by molar-refractivity contribution is 5.47. The van der Waals surface area contributed by atoms with E-state index in [2.05, 4.69) is 14.9 Å². The molecular formula is C22H38N6O2. The molecule has 0 radical (unpaired) electrons. The fourth-order valence-electron chi connectivity index (χ4n) is 3.08. The van der Waals surface area contributed by atoms with Crippen LogP contribution in [0.4, 0.5) is 11.6 Å². The van der Waals surface area contributed by atoms with Gasteiger partial charge in [0.15, 0.2) is 0 Å². The average Bonchev–Trinajstić information content (AvgIpc) is 3.25. The van der Waals surface area contributed by atoms with Crippen molar-refractivity contribution in [1.82, 2.24) is 9.97 Å². The monoisotopic (exact) mass is 418 g/mol. The number of pyridine rings is 2. The number of rotatable bonds is 7. The third kappa shape index (κ3) is 7.87. The van der Waals surface area contributed by atoms with Crippen molar-refractivity contribution in [2.24, 2.45) is 11.5 Å². The summed E-state index contributed by atoms with van der Waals surface area (Å²) < 4.78 is 5.01. The summed E-state index contributed by atoms with van der Waals surface area (Å²) in [5.41, 5.74) is 13.3. The third-order valence-corrected chi connectivity index (χ3v) is 4.63. The molecule has 3 rings (SSSR count). The van der Waals surface area contributed by atoms with Gasteiger partial charge in [0.25, 0.3) is 0 Å². The SMILES string of the molecule is CC.COCCN(C)c1ncccc1CN.NCc1cccnc1N1CCC(O)C1. The number of ether oxygens (including phenoxy) is 1. The molecule has 1 aliphatic rings. The number of likely N-dealkylation sites (N-methyl/N-ethyl adjacent to an activating group) is 1. The number of methoxy groups -OCH3 is 1. The van der Waals surface area contributed by atoms with Crippen molar-refractivity contribution < 1.29 is 9.84 Å². The van der Waals surface area contributed by atoms with Gasteiger partial charge in [0.1, 0.15) is 11.6 Å². The second-order valence-electron chi connectivity index (χ2n) is 6.68. The van der Waals surface area contributed by atoms with E-state index in [1.165, 1.54) is 0 Å². The van der Waals surface area contributed by atoms with Gasteiger partial charge in [-0.05, 0) is 18.6 Å². The normalized spacial score (nSPS) is 15.0. The van der Waals surface area contributed by atoms with E-state index in [4.69, 9.17) is 16.2 Å². The van der Waals surface area contributed by atoms with Crippen LogP contribution >= 0.6 is 0 Å². The number of hydrogen-bond acceptors (Lipinski definition) is 8. The van der Waals surface area contributed by atoms with Crippen molar-refractivity contribution in [2.45, 2.75) is 39.5 Å². The van der Waals surface area contributed by atoms with Crippen LogP contribution in [-0.2, 0) is 17.8 Å². The number of β-amino-alcohol motifs (C(OH)–C–C–N with tert-alkyl or cyclic N) is 1. The van der Waals surface area contributed by atoms with Gasteiger partial charge in [0, 0.05) is 70.4 Å². The smallest absolute Gasteiger partial charge is 0.133 e. The molecule has 8 nitrogen and oxygen atoms in total. The van der Waals surface area contributed by atoms with Crippen molar-refractivity contribution in [3.63, 3.8) is 0 Å². The van der Waals surface area contributed by atoms with Crippen LogP contribution in [0.5, 0.6) is 0 Å². The highest BCUT2D eigenvalue weighted by Gasteiger charge is 2.22. The van der Waals surface area contributed by atoms with Crippen LogP contribution in [0.2, 0.25) is 0 Å². The maximum Gasteiger partial charge on any atom is 0.133 e. The van der Waals surface area contributed by atoms with E-state index in [-0.39, 0.29) is 6.10 Å². The first-order valence-electron chi connectivity index (χ1n) is 10.5. The molecule has 1 aliphatic heterocycles. The van der Waals surface area contributed by atoms with E-state index in [0.29, 0.717) is 26.2 Å². The quantitative estimate of drug-likeness (QED) is 0.623. The van der Waals surface area contributed by atoms with E-state index < -0.39 is 0 Å². The van der Waals surface area contributed by atoms with Gasteiger partial charge >= 0.3 is 0 Å². The summed E-state index contributed by atoms with van der Waals surface area (Å²) in [7, 11) is 3.68. The van der Waals surface area contributed by atoms with Gasteiger partial charge in [0.2, 0.25) is 0 Å². The number of aliphatic hydroxyl groups is 1. The Morgan fingerprint density at radius 3 is 2.33 bits per heavy atom. The van der Waals surface area contributed by atoms with Crippen molar-refractivity contribution >= 4 is 11.6 Å². The maximum absolute atomic E-state index is 9.42. The Labute approximate surface area is 180 Å². The fourth-order valence-corrected chi connectivity index (χ4v) is 3.08. The minimum Gasteiger partial charge on any atom is -0.391 e. The highest BCUT2D eigenvalue weighted by Crippen LogP contribution is 2.21. The summed E-state index contributed by atoms with van der Waals surface area (Å²) >= 11 is 0. The molecular weight excluding hydrogens is 380 g/mol. The second-order valence-corrected chi connectivity index (χ2v) is 6.68. The van der Waals surface area contributed by atoms with E-state index in [0.717, 1.165) is 42.3 Å². The van der Waals surface area contributed by atoms with Crippen LogP contribution in [0.3, 0.4) is 0 Å². The zero-order valence-corrected chi connectivity index (χ0v) is 18.8. The van der Waals surface area contributed by atoms with Crippen LogP contribution in [0.25, 0.3) is 0 Å². The van der Waals surface area contributed by atoms with E-state index in [1.807, 2.05) is 50.1 Å². The van der Waals surface area contributed by atoms with Crippen molar-refractivity contribution in [3.05, 3.63) is 47.8 Å². The maximum atomic E-state index is 9.42. The predicted octanol–water partition coefficient (Wildman–Crippen LogP) is 1.76. The molecule has 5 N–H and O–H groups in total. The number of hydrogen-bond donors (Lipinski definition) is 3. The van der Waals surface area contributed by atoms with Crippen LogP contribution in [0.15, 0.2) is 36.7 Å². The lowest BCUT2D eigenvalue weighted by molar-refractivity contribution is 0.198. The molecule has 0 saturated carbocycles. The largest absolute Gasteiger partial charge is 0.391 e. The molecule has 1 saturated heterocycles. The number of aliphatic hydroxyl groups excluding tert-OH is 1. The number of anilines is 2. The van der Waals surface area contributed by atoms with Gasteiger partial charge in [-0.3, -0.25) is 0 Å². The Morgan fingerprint density at radius 1 is 1.13 bits per heavy atom. The van der Waals surface area contributed by atoms with Crippen molar-refractivity contribution in [1.29, 1.82) is 0 Å². The average molecular weight is 419 g/mol. The fraction of sp³-hybridized carbons (Fsp3) is 0.545. The first kappa shape index (κ1) is 25.8. The lowest BCUT2D eigenvalue weighted by Gasteiger charge is -2.19. The molecule has 2 aromatic heterocycles. The molecule has 2 aromatic rings. The first-order chi connectivity index (χ1) is 14.6. The molecule has 168 valence electrons. The Morgan fingerprint density at radius 2 is 1.77 bits per heavy atom. The molecule has 0 spiro atoms. The van der Waals surface area contributed by atoms with Gasteiger partial charge in [-0.1, -0.05) is 26.0 Å². The minimum absolute atomic E-state index is 0.220. The topological polar surface area (TPSA) is 114 Å². The molecule has 30 heavy (non-hydrogen) atoms. The lowest BCUT2D eigenvalue weighted by Crippen LogP contribution is -2.24. The minimum atomic E-state index is -0.220. The van der Waals surface area contributed by atoms with Gasteiger partial charge in [-0.25, -0.2) is 9.97 Å². The van der Waals surface area contributed by atoms with Crippen LogP contribution in [-0.4, -0.2) is 61.6 Å². The predicted molar refractivity (Wildman–Crippen MR) is 124 cm³/mol. The molecule has 0 amide bonds. The summed E-state index contributed by atoms with van der Waals surface area (Å²) in [6.45, 7) is 8.06. The standard InChI is InChI=1S/C10H15N3O.C10H17N3O.C2H6/c11-6-8-2-1-4-12-10(8)13-5-3-9(14)7-13;1-13(6-7-14-2)10-9(8-11)4-3-5-12-10;1-2/h1-2,4,9,14H,3,5-7,11H2;3-5H,6-8,11H2,1-2H3;1-2H3. The molecule has 1 atom stereocenters. The Hall–Kier alpha value is -2.26. The van der Waals surface area contributed by atoms with Gasteiger partial charge in [-0.15, -0.1) is 0 Å². The highest BCUT2D eigenvalue weighted by atomic mass is 16.5. The third-order valence-electron chi connectivity index (χ3n) is 4.63. The molecule has 1 fully saturated rings. The van der Waals surface area contributed by atoms with Gasteiger partial charge < -0.3 is 31.1 Å². The Kier molecular flexibility index (Phi) is 12.6. The Bertz CT molecular complexity index is 716. The number of aromatic nitrogens is 2. The molecule has 0 aliphatic carbocycles. The van der Waals surface area contributed by atoms with E-state index >= 15 is 0 Å². The first-order valence-corrected chi connectivity index (χ1v) is 10.5. The van der Waals surface area contributed by atoms with Gasteiger partial charge in [-0.2, -0.15) is 0 Å². The van der Waals surface area contributed by atoms with Crippen LogP contribution < -0.4 is 21.3 Å². The summed E-state index contributed by atoms with van der Waals surface area (Å²) in [6, 6.07) is 7.76. The summed E-state index contributed by atoms with van der Waals surface area (Å²) in [4.78, 5) is 12.7. The lowest BCUT2D eigenvalue weighted by atomic mass is 10.2.